The fourth-order valence-corrected chi connectivity index (χ4v) is 2.58. The van der Waals surface area contributed by atoms with E-state index in [0.29, 0.717) is 26.2 Å². The Bertz CT molecular complexity index is 479. The van der Waals surface area contributed by atoms with Crippen LogP contribution in [0.25, 0.3) is 0 Å². The predicted molar refractivity (Wildman–Crippen MR) is 79.6 cm³/mol. The monoisotopic (exact) mass is 276 g/mol. The molecule has 2 rings (SSSR count). The van der Waals surface area contributed by atoms with E-state index >= 15 is 0 Å². The van der Waals surface area contributed by atoms with E-state index in [-0.39, 0.29) is 11.4 Å². The minimum atomic E-state index is -0.283. The Morgan fingerprint density at radius 3 is 2.60 bits per heavy atom. The number of rotatable bonds is 4. The van der Waals surface area contributed by atoms with Gasteiger partial charge in [0.25, 0.3) is 0 Å². The standard InChI is InChI=1S/C16H24N2O2/c1-12-3-4-14(9-13(12)2)10-15(19)18-16(11-17)5-7-20-8-6-16/h3-4,9H,5-8,10-11,17H2,1-2H3,(H,18,19). The highest BCUT2D eigenvalue weighted by atomic mass is 16.5. The average Bonchev–Trinajstić information content (AvgIpc) is 2.44. The number of amides is 1. The maximum Gasteiger partial charge on any atom is 0.224 e. The van der Waals surface area contributed by atoms with Crippen LogP contribution in [0.15, 0.2) is 18.2 Å². The summed E-state index contributed by atoms with van der Waals surface area (Å²) in [6.07, 6.45) is 1.99. The molecule has 0 radical (unpaired) electrons. The van der Waals surface area contributed by atoms with Crippen molar-refractivity contribution in [3.8, 4) is 0 Å². The number of hydrogen-bond donors (Lipinski definition) is 2. The van der Waals surface area contributed by atoms with Gasteiger partial charge in [0, 0.05) is 19.8 Å². The van der Waals surface area contributed by atoms with Crippen molar-refractivity contribution in [3.05, 3.63) is 34.9 Å². The summed E-state index contributed by atoms with van der Waals surface area (Å²) in [5.41, 5.74) is 9.08. The molecule has 110 valence electrons. The zero-order valence-electron chi connectivity index (χ0n) is 12.4. The number of carbonyl (C=O) groups excluding carboxylic acids is 1. The van der Waals surface area contributed by atoms with Crippen LogP contribution in [0.2, 0.25) is 0 Å². The van der Waals surface area contributed by atoms with E-state index in [0.717, 1.165) is 18.4 Å². The van der Waals surface area contributed by atoms with E-state index in [2.05, 4.69) is 31.3 Å². The van der Waals surface area contributed by atoms with Crippen LogP contribution in [0.4, 0.5) is 0 Å². The summed E-state index contributed by atoms with van der Waals surface area (Å²) >= 11 is 0. The van der Waals surface area contributed by atoms with E-state index in [1.54, 1.807) is 0 Å². The Labute approximate surface area is 120 Å². The largest absolute Gasteiger partial charge is 0.381 e. The molecule has 0 spiro atoms. The molecule has 1 aromatic rings. The van der Waals surface area contributed by atoms with E-state index in [1.807, 2.05) is 6.07 Å². The van der Waals surface area contributed by atoms with Crippen molar-refractivity contribution in [1.29, 1.82) is 0 Å². The van der Waals surface area contributed by atoms with Gasteiger partial charge >= 0.3 is 0 Å². The number of aryl methyl sites for hydroxylation is 2. The minimum Gasteiger partial charge on any atom is -0.381 e. The quantitative estimate of drug-likeness (QED) is 0.875. The fourth-order valence-electron chi connectivity index (χ4n) is 2.58. The molecular formula is C16H24N2O2. The second-order valence-corrected chi connectivity index (χ2v) is 5.74. The zero-order valence-corrected chi connectivity index (χ0v) is 12.4. The summed E-state index contributed by atoms with van der Waals surface area (Å²) < 4.78 is 5.35. The molecule has 0 bridgehead atoms. The SMILES string of the molecule is Cc1ccc(CC(=O)NC2(CN)CCOCC2)cc1C. The number of hydrogen-bond acceptors (Lipinski definition) is 3. The average molecular weight is 276 g/mol. The molecule has 0 atom stereocenters. The van der Waals surface area contributed by atoms with Gasteiger partial charge in [0.05, 0.1) is 12.0 Å². The molecule has 4 heteroatoms. The Kier molecular flexibility index (Phi) is 4.78. The van der Waals surface area contributed by atoms with Gasteiger partial charge in [0.1, 0.15) is 0 Å². The van der Waals surface area contributed by atoms with Gasteiger partial charge in [0.15, 0.2) is 0 Å². The van der Waals surface area contributed by atoms with Gasteiger partial charge in [-0.3, -0.25) is 4.79 Å². The van der Waals surface area contributed by atoms with Crippen molar-refractivity contribution in [2.24, 2.45) is 5.73 Å². The number of nitrogens with two attached hydrogens (primary N) is 1. The molecule has 1 fully saturated rings. The fraction of sp³-hybridized carbons (Fsp3) is 0.562. The van der Waals surface area contributed by atoms with Gasteiger partial charge in [-0.1, -0.05) is 18.2 Å². The lowest BCUT2D eigenvalue weighted by Crippen LogP contribution is -2.57. The third kappa shape index (κ3) is 3.58. The Hall–Kier alpha value is -1.39. The molecule has 20 heavy (non-hydrogen) atoms. The lowest BCUT2D eigenvalue weighted by atomic mass is 9.89. The highest BCUT2D eigenvalue weighted by Gasteiger charge is 2.32. The van der Waals surface area contributed by atoms with Crippen molar-refractivity contribution in [1.82, 2.24) is 5.32 Å². The third-order valence-corrected chi connectivity index (χ3v) is 4.18. The van der Waals surface area contributed by atoms with E-state index in [4.69, 9.17) is 10.5 Å². The van der Waals surface area contributed by atoms with Crippen LogP contribution >= 0.6 is 0 Å². The van der Waals surface area contributed by atoms with Gasteiger partial charge < -0.3 is 15.8 Å². The van der Waals surface area contributed by atoms with Crippen molar-refractivity contribution in [3.63, 3.8) is 0 Å². The molecule has 1 amide bonds. The number of nitrogens with one attached hydrogen (secondary N) is 1. The third-order valence-electron chi connectivity index (χ3n) is 4.18. The van der Waals surface area contributed by atoms with Crippen LogP contribution in [0.3, 0.4) is 0 Å². The first-order valence-electron chi connectivity index (χ1n) is 7.20. The predicted octanol–water partition coefficient (Wildman–Crippen LogP) is 1.47. The first kappa shape index (κ1) is 15.0. The number of benzene rings is 1. The molecule has 1 aliphatic heterocycles. The summed E-state index contributed by atoms with van der Waals surface area (Å²) in [6.45, 7) is 5.94. The van der Waals surface area contributed by atoms with Crippen LogP contribution in [0.5, 0.6) is 0 Å². The van der Waals surface area contributed by atoms with Gasteiger partial charge in [-0.15, -0.1) is 0 Å². The van der Waals surface area contributed by atoms with E-state index < -0.39 is 0 Å². The van der Waals surface area contributed by atoms with Gasteiger partial charge in [-0.05, 0) is 43.4 Å². The maximum absolute atomic E-state index is 12.2. The lowest BCUT2D eigenvalue weighted by molar-refractivity contribution is -0.123. The molecule has 0 unspecified atom stereocenters. The van der Waals surface area contributed by atoms with Crippen molar-refractivity contribution in [2.75, 3.05) is 19.8 Å². The van der Waals surface area contributed by atoms with Gasteiger partial charge in [-0.2, -0.15) is 0 Å². The summed E-state index contributed by atoms with van der Waals surface area (Å²) in [5.74, 6) is 0.0422. The molecule has 3 N–H and O–H groups in total. The number of ether oxygens (including phenoxy) is 1. The first-order chi connectivity index (χ1) is 9.54. The Morgan fingerprint density at radius 2 is 2.00 bits per heavy atom. The highest BCUT2D eigenvalue weighted by molar-refractivity contribution is 5.79. The van der Waals surface area contributed by atoms with Crippen LogP contribution in [-0.2, 0) is 16.0 Å². The lowest BCUT2D eigenvalue weighted by Gasteiger charge is -2.37. The maximum atomic E-state index is 12.2. The summed E-state index contributed by atoms with van der Waals surface area (Å²) in [6, 6.07) is 6.15. The van der Waals surface area contributed by atoms with Crippen LogP contribution in [0.1, 0.15) is 29.5 Å². The molecule has 0 saturated carbocycles. The Morgan fingerprint density at radius 1 is 1.30 bits per heavy atom. The smallest absolute Gasteiger partial charge is 0.224 e. The normalized spacial score (nSPS) is 17.8. The van der Waals surface area contributed by atoms with E-state index in [9.17, 15) is 4.79 Å². The molecule has 0 aliphatic carbocycles. The molecule has 0 aromatic heterocycles. The minimum absolute atomic E-state index is 0.0422. The topological polar surface area (TPSA) is 64.4 Å². The molecule has 1 aliphatic rings. The highest BCUT2D eigenvalue weighted by Crippen LogP contribution is 2.19. The zero-order chi connectivity index (χ0) is 14.6. The summed E-state index contributed by atoms with van der Waals surface area (Å²) in [5, 5.41) is 3.12. The van der Waals surface area contributed by atoms with Crippen LogP contribution in [0, 0.1) is 13.8 Å². The summed E-state index contributed by atoms with van der Waals surface area (Å²) in [7, 11) is 0. The van der Waals surface area contributed by atoms with Crippen molar-refractivity contribution < 1.29 is 9.53 Å². The van der Waals surface area contributed by atoms with E-state index in [1.165, 1.54) is 11.1 Å². The number of carbonyl (C=O) groups is 1. The Balaban J connectivity index is 1.98. The molecule has 1 saturated heterocycles. The molecular weight excluding hydrogens is 252 g/mol. The van der Waals surface area contributed by atoms with Crippen LogP contribution in [-0.4, -0.2) is 31.2 Å². The summed E-state index contributed by atoms with van der Waals surface area (Å²) in [4.78, 5) is 12.2. The molecule has 1 aromatic carbocycles. The molecule has 4 nitrogen and oxygen atoms in total. The second kappa shape index (κ2) is 6.37. The van der Waals surface area contributed by atoms with Crippen molar-refractivity contribution in [2.45, 2.75) is 38.6 Å². The second-order valence-electron chi connectivity index (χ2n) is 5.74. The van der Waals surface area contributed by atoms with Crippen LogP contribution < -0.4 is 11.1 Å². The van der Waals surface area contributed by atoms with Gasteiger partial charge in [-0.25, -0.2) is 0 Å². The first-order valence-corrected chi connectivity index (χ1v) is 7.20. The van der Waals surface area contributed by atoms with Gasteiger partial charge in [0.2, 0.25) is 5.91 Å². The molecule has 1 heterocycles. The van der Waals surface area contributed by atoms with Crippen molar-refractivity contribution >= 4 is 5.91 Å².